The number of anilines is 3. The maximum Gasteiger partial charge on any atom is 0.407 e. The molecule has 0 aliphatic heterocycles. The third-order valence-electron chi connectivity index (χ3n) is 5.31. The Hall–Kier alpha value is -4.49. The van der Waals surface area contributed by atoms with Crippen LogP contribution < -0.4 is 26.4 Å². The first-order valence-corrected chi connectivity index (χ1v) is 11.9. The Morgan fingerprint density at radius 2 is 1.97 bits per heavy atom. The fourth-order valence-corrected chi connectivity index (χ4v) is 3.53. The van der Waals surface area contributed by atoms with Crippen molar-refractivity contribution < 1.29 is 23.5 Å². The summed E-state index contributed by atoms with van der Waals surface area (Å²) < 4.78 is 27.0. The molecule has 0 fully saturated rings. The molecule has 204 valence electrons. The summed E-state index contributed by atoms with van der Waals surface area (Å²) in [7, 11) is 1.46. The summed E-state index contributed by atoms with van der Waals surface area (Å²) in [4.78, 5) is 32.8. The van der Waals surface area contributed by atoms with Crippen LogP contribution in [0.2, 0.25) is 0 Å². The molecule has 0 aromatic carbocycles. The van der Waals surface area contributed by atoms with Crippen LogP contribution in [-0.4, -0.2) is 61.8 Å². The fourth-order valence-electron chi connectivity index (χ4n) is 3.53. The van der Waals surface area contributed by atoms with Crippen molar-refractivity contribution in [1.29, 1.82) is 0 Å². The molecule has 0 unspecified atom stereocenters. The number of carbonyl (C=O) groups excluding carboxylic acids is 2. The van der Waals surface area contributed by atoms with Gasteiger partial charge in [-0.1, -0.05) is 12.1 Å². The molecule has 3 heterocycles. The number of ether oxygens (including phenoxy) is 2. The van der Waals surface area contributed by atoms with E-state index in [4.69, 9.17) is 15.2 Å². The Morgan fingerprint density at radius 3 is 2.55 bits per heavy atom. The van der Waals surface area contributed by atoms with E-state index in [2.05, 4.69) is 36.2 Å². The molecule has 14 heteroatoms. The zero-order valence-corrected chi connectivity index (χ0v) is 22.1. The number of nitrogens with two attached hydrogens (primary N) is 1. The van der Waals surface area contributed by atoms with Gasteiger partial charge in [0, 0.05) is 12.1 Å². The lowest BCUT2D eigenvalue weighted by Gasteiger charge is -2.27. The Morgan fingerprint density at radius 1 is 1.24 bits per heavy atom. The molecule has 5 N–H and O–H groups in total. The van der Waals surface area contributed by atoms with Gasteiger partial charge in [-0.05, 0) is 46.2 Å². The zero-order valence-electron chi connectivity index (χ0n) is 22.1. The second kappa shape index (κ2) is 11.7. The van der Waals surface area contributed by atoms with Gasteiger partial charge in [-0.2, -0.15) is 0 Å². The standard InChI is InChI=1S/C24H32FN9O4/c1-7-17(13(2)29-23(36)38-24(3,4)5)31-21-16(25)11-15(19(26)35)20(32-21)30-14-10-18(22(37-6)27-12-14)34-9-8-28-33-34/h8-13,17H,7H2,1-6H3,(H2,26,35)(H,29,36)(H2,30,31,32)/t13-,17+/m0/s1. The lowest BCUT2D eigenvalue weighted by atomic mass is 10.1. The van der Waals surface area contributed by atoms with Crippen molar-refractivity contribution in [1.82, 2.24) is 30.3 Å². The molecule has 0 bridgehead atoms. The second-order valence-corrected chi connectivity index (χ2v) is 9.40. The number of hydrogen-bond acceptors (Lipinski definition) is 10. The summed E-state index contributed by atoms with van der Waals surface area (Å²) in [6.07, 6.45) is 4.47. The predicted octanol–water partition coefficient (Wildman–Crippen LogP) is 3.15. The number of rotatable bonds is 10. The molecule has 0 aliphatic carbocycles. The van der Waals surface area contributed by atoms with E-state index in [0.29, 0.717) is 17.8 Å². The molecule has 2 amide bonds. The number of pyridine rings is 2. The highest BCUT2D eigenvalue weighted by molar-refractivity contribution is 5.98. The van der Waals surface area contributed by atoms with Crippen molar-refractivity contribution in [3.05, 3.63) is 42.1 Å². The van der Waals surface area contributed by atoms with Crippen molar-refractivity contribution in [2.45, 2.75) is 58.7 Å². The third-order valence-corrected chi connectivity index (χ3v) is 5.31. The Balaban J connectivity index is 1.89. The summed E-state index contributed by atoms with van der Waals surface area (Å²) in [5.74, 6) is -1.53. The highest BCUT2D eigenvalue weighted by Gasteiger charge is 2.24. The molecule has 3 aromatic heterocycles. The van der Waals surface area contributed by atoms with Crippen LogP contribution in [0.25, 0.3) is 5.69 Å². The van der Waals surface area contributed by atoms with E-state index in [-0.39, 0.29) is 23.1 Å². The van der Waals surface area contributed by atoms with Crippen LogP contribution in [-0.2, 0) is 4.74 Å². The van der Waals surface area contributed by atoms with Gasteiger partial charge in [-0.3, -0.25) is 4.79 Å². The molecular formula is C24H32FN9O4. The summed E-state index contributed by atoms with van der Waals surface area (Å²) >= 11 is 0. The summed E-state index contributed by atoms with van der Waals surface area (Å²) in [5.41, 5.74) is 5.52. The minimum absolute atomic E-state index is 0.000477. The van der Waals surface area contributed by atoms with E-state index in [9.17, 15) is 9.59 Å². The number of hydrogen-bond donors (Lipinski definition) is 4. The summed E-state index contributed by atoms with van der Waals surface area (Å²) in [5, 5.41) is 16.4. The summed E-state index contributed by atoms with van der Waals surface area (Å²) in [6.45, 7) is 8.90. The van der Waals surface area contributed by atoms with E-state index < -0.39 is 35.5 Å². The van der Waals surface area contributed by atoms with Crippen LogP contribution in [0.4, 0.5) is 26.5 Å². The highest BCUT2D eigenvalue weighted by Crippen LogP contribution is 2.28. The minimum atomic E-state index is -0.879. The zero-order chi connectivity index (χ0) is 28.0. The first kappa shape index (κ1) is 28.1. The van der Waals surface area contributed by atoms with E-state index in [1.807, 2.05) is 6.92 Å². The smallest absolute Gasteiger partial charge is 0.407 e. The molecular weight excluding hydrogens is 497 g/mol. The molecule has 13 nitrogen and oxygen atoms in total. The SMILES string of the molecule is CC[C@@H](Nc1nc(Nc2cnc(OC)c(-n3ccnn3)c2)c(C(N)=O)cc1F)[C@H](C)NC(=O)OC(C)(C)C. The minimum Gasteiger partial charge on any atom is -0.479 e. The van der Waals surface area contributed by atoms with E-state index in [0.717, 1.165) is 6.07 Å². The number of nitrogens with one attached hydrogen (secondary N) is 3. The monoisotopic (exact) mass is 529 g/mol. The molecule has 3 aromatic rings. The predicted molar refractivity (Wildman–Crippen MR) is 138 cm³/mol. The first-order valence-electron chi connectivity index (χ1n) is 11.9. The van der Waals surface area contributed by atoms with Crippen molar-refractivity contribution in [2.75, 3.05) is 17.7 Å². The maximum atomic E-state index is 15.0. The molecule has 38 heavy (non-hydrogen) atoms. The highest BCUT2D eigenvalue weighted by atomic mass is 19.1. The van der Waals surface area contributed by atoms with Gasteiger partial charge >= 0.3 is 6.09 Å². The fraction of sp³-hybridized carbons (Fsp3) is 0.417. The molecule has 0 radical (unpaired) electrons. The van der Waals surface area contributed by atoms with Crippen LogP contribution in [0.3, 0.4) is 0 Å². The Bertz CT molecular complexity index is 1280. The molecule has 3 rings (SSSR count). The van der Waals surface area contributed by atoms with Crippen molar-refractivity contribution in [2.24, 2.45) is 5.73 Å². The Kier molecular flexibility index (Phi) is 8.65. The molecule has 2 atom stereocenters. The number of methoxy groups -OCH3 is 1. The van der Waals surface area contributed by atoms with Crippen LogP contribution in [0, 0.1) is 5.82 Å². The van der Waals surface area contributed by atoms with Gasteiger partial charge in [0.15, 0.2) is 11.6 Å². The topological polar surface area (TPSA) is 171 Å². The molecule has 0 spiro atoms. The number of nitrogens with zero attached hydrogens (tertiary/aromatic N) is 5. The lowest BCUT2D eigenvalue weighted by molar-refractivity contribution is 0.0503. The summed E-state index contributed by atoms with van der Waals surface area (Å²) in [6, 6.07) is 1.77. The van der Waals surface area contributed by atoms with Gasteiger partial charge in [-0.25, -0.2) is 23.8 Å². The number of aromatic nitrogens is 5. The number of carbonyl (C=O) groups is 2. The molecule has 0 aliphatic rings. The van der Waals surface area contributed by atoms with Crippen LogP contribution in [0.15, 0.2) is 30.7 Å². The second-order valence-electron chi connectivity index (χ2n) is 9.40. The lowest BCUT2D eigenvalue weighted by Crippen LogP contribution is -2.46. The average molecular weight is 530 g/mol. The van der Waals surface area contributed by atoms with Crippen LogP contribution in [0.1, 0.15) is 51.4 Å². The largest absolute Gasteiger partial charge is 0.479 e. The van der Waals surface area contributed by atoms with Crippen molar-refractivity contribution >= 4 is 29.3 Å². The quantitative estimate of drug-likeness (QED) is 0.306. The van der Waals surface area contributed by atoms with E-state index in [1.165, 1.54) is 24.2 Å². The van der Waals surface area contributed by atoms with Gasteiger partial charge in [0.2, 0.25) is 5.88 Å². The van der Waals surface area contributed by atoms with Crippen LogP contribution in [0.5, 0.6) is 5.88 Å². The third kappa shape index (κ3) is 7.05. The van der Waals surface area contributed by atoms with Gasteiger partial charge in [0.25, 0.3) is 5.91 Å². The van der Waals surface area contributed by atoms with E-state index >= 15 is 4.39 Å². The molecule has 0 saturated heterocycles. The van der Waals surface area contributed by atoms with Crippen molar-refractivity contribution in [3.8, 4) is 11.6 Å². The number of amides is 2. The normalized spacial score (nSPS) is 12.8. The van der Waals surface area contributed by atoms with Gasteiger partial charge in [-0.15, -0.1) is 5.10 Å². The van der Waals surface area contributed by atoms with Gasteiger partial charge in [0.05, 0.1) is 37.0 Å². The van der Waals surface area contributed by atoms with Gasteiger partial charge < -0.3 is 31.2 Å². The Labute approximate surface area is 219 Å². The number of halogens is 1. The molecule has 0 saturated carbocycles. The van der Waals surface area contributed by atoms with Crippen LogP contribution >= 0.6 is 0 Å². The average Bonchev–Trinajstić information content (AvgIpc) is 3.37. The first-order chi connectivity index (χ1) is 17.9. The number of alkyl carbamates (subject to hydrolysis) is 1. The number of primary amides is 1. The van der Waals surface area contributed by atoms with Crippen molar-refractivity contribution in [3.63, 3.8) is 0 Å². The van der Waals surface area contributed by atoms with Gasteiger partial charge in [0.1, 0.15) is 17.1 Å². The van der Waals surface area contributed by atoms with E-state index in [1.54, 1.807) is 40.0 Å². The maximum absolute atomic E-state index is 15.0.